The zero-order chi connectivity index (χ0) is 12.8. The van der Waals surface area contributed by atoms with E-state index in [1.165, 1.54) is 44.2 Å². The molecule has 0 bridgehead atoms. The highest BCUT2D eigenvalue weighted by Crippen LogP contribution is 2.28. The molecule has 0 spiro atoms. The maximum Gasteiger partial charge on any atom is 0.0946 e. The van der Waals surface area contributed by atoms with Gasteiger partial charge in [-0.2, -0.15) is 0 Å². The molecule has 1 heterocycles. The molecule has 0 radical (unpaired) electrons. The maximum atomic E-state index is 4.26. The molecule has 18 heavy (non-hydrogen) atoms. The lowest BCUT2D eigenvalue weighted by Gasteiger charge is -2.22. The van der Waals surface area contributed by atoms with Gasteiger partial charge in [0.2, 0.25) is 0 Å². The van der Waals surface area contributed by atoms with Crippen LogP contribution in [0, 0.1) is 0 Å². The number of hydrogen-bond donors (Lipinski definition) is 1. The standard InChI is InChI=1S/C15H25N3/c1-3-10-17-15(14-11-16-12-18(14)2)13-8-6-4-5-7-9-13/h8,11-12,15,17H,3-7,9-10H2,1-2H3. The Morgan fingerprint density at radius 2 is 2.28 bits per heavy atom. The first-order valence-electron chi connectivity index (χ1n) is 7.21. The van der Waals surface area contributed by atoms with Crippen molar-refractivity contribution in [3.8, 4) is 0 Å². The van der Waals surface area contributed by atoms with Gasteiger partial charge in [0.1, 0.15) is 0 Å². The normalized spacial score (nSPS) is 18.2. The number of nitrogens with zero attached hydrogens (tertiary/aromatic N) is 2. The predicted octanol–water partition coefficient (Wildman–Crippen LogP) is 3.35. The third-order valence-electron chi connectivity index (χ3n) is 3.70. The summed E-state index contributed by atoms with van der Waals surface area (Å²) >= 11 is 0. The Balaban J connectivity index is 2.18. The lowest BCUT2D eigenvalue weighted by Crippen LogP contribution is -2.25. The fourth-order valence-corrected chi connectivity index (χ4v) is 2.66. The summed E-state index contributed by atoms with van der Waals surface area (Å²) in [4.78, 5) is 4.26. The molecule has 2 rings (SSSR count). The highest BCUT2D eigenvalue weighted by Gasteiger charge is 2.19. The predicted molar refractivity (Wildman–Crippen MR) is 75.4 cm³/mol. The summed E-state index contributed by atoms with van der Waals surface area (Å²) in [5, 5.41) is 3.68. The Hall–Kier alpha value is -1.09. The fraction of sp³-hybridized carbons (Fsp3) is 0.667. The molecule has 3 heteroatoms. The minimum absolute atomic E-state index is 0.357. The van der Waals surface area contributed by atoms with E-state index in [-0.39, 0.29) is 0 Å². The van der Waals surface area contributed by atoms with Gasteiger partial charge in [-0.1, -0.05) is 25.0 Å². The lowest BCUT2D eigenvalue weighted by atomic mass is 9.99. The van der Waals surface area contributed by atoms with Crippen LogP contribution in [0.5, 0.6) is 0 Å². The summed E-state index contributed by atoms with van der Waals surface area (Å²) in [6, 6.07) is 0.357. The van der Waals surface area contributed by atoms with Crippen LogP contribution in [-0.4, -0.2) is 16.1 Å². The van der Waals surface area contributed by atoms with Gasteiger partial charge >= 0.3 is 0 Å². The van der Waals surface area contributed by atoms with Gasteiger partial charge in [-0.05, 0) is 38.6 Å². The molecular weight excluding hydrogens is 222 g/mol. The second kappa shape index (κ2) is 6.74. The van der Waals surface area contributed by atoms with Crippen molar-refractivity contribution in [3.63, 3.8) is 0 Å². The van der Waals surface area contributed by atoms with Crippen molar-refractivity contribution in [2.75, 3.05) is 6.54 Å². The molecule has 0 aliphatic heterocycles. The summed E-state index contributed by atoms with van der Waals surface area (Å²) in [7, 11) is 2.08. The quantitative estimate of drug-likeness (QED) is 0.809. The van der Waals surface area contributed by atoms with Gasteiger partial charge < -0.3 is 9.88 Å². The van der Waals surface area contributed by atoms with Gasteiger partial charge in [-0.25, -0.2) is 4.98 Å². The minimum atomic E-state index is 0.357. The van der Waals surface area contributed by atoms with Gasteiger partial charge in [-0.15, -0.1) is 0 Å². The first-order valence-corrected chi connectivity index (χ1v) is 7.21. The number of hydrogen-bond acceptors (Lipinski definition) is 2. The Kier molecular flexibility index (Phi) is 5.00. The van der Waals surface area contributed by atoms with E-state index in [0.29, 0.717) is 6.04 Å². The number of allylic oxidation sites excluding steroid dienone is 1. The van der Waals surface area contributed by atoms with Crippen molar-refractivity contribution < 1.29 is 0 Å². The zero-order valence-corrected chi connectivity index (χ0v) is 11.7. The molecule has 1 aromatic rings. The largest absolute Gasteiger partial charge is 0.336 e. The van der Waals surface area contributed by atoms with Gasteiger partial charge in [-0.3, -0.25) is 0 Å². The van der Waals surface area contributed by atoms with Crippen LogP contribution in [0.15, 0.2) is 24.2 Å². The smallest absolute Gasteiger partial charge is 0.0946 e. The number of nitrogens with one attached hydrogen (secondary N) is 1. The average molecular weight is 247 g/mol. The van der Waals surface area contributed by atoms with E-state index in [4.69, 9.17) is 0 Å². The van der Waals surface area contributed by atoms with Crippen LogP contribution in [0.3, 0.4) is 0 Å². The second-order valence-corrected chi connectivity index (χ2v) is 5.19. The van der Waals surface area contributed by atoms with E-state index in [1.54, 1.807) is 5.57 Å². The monoisotopic (exact) mass is 247 g/mol. The molecule has 1 N–H and O–H groups in total. The van der Waals surface area contributed by atoms with Crippen LogP contribution in [0.2, 0.25) is 0 Å². The first kappa shape index (κ1) is 13.3. The number of aryl methyl sites for hydroxylation is 1. The van der Waals surface area contributed by atoms with E-state index >= 15 is 0 Å². The Bertz CT molecular complexity index is 392. The van der Waals surface area contributed by atoms with Crippen molar-refractivity contribution in [3.05, 3.63) is 29.9 Å². The van der Waals surface area contributed by atoms with Crippen LogP contribution in [0.4, 0.5) is 0 Å². The van der Waals surface area contributed by atoms with Crippen molar-refractivity contribution in [2.45, 2.75) is 51.5 Å². The molecular formula is C15H25N3. The van der Waals surface area contributed by atoms with Crippen LogP contribution in [0.1, 0.15) is 57.2 Å². The van der Waals surface area contributed by atoms with Gasteiger partial charge in [0.15, 0.2) is 0 Å². The van der Waals surface area contributed by atoms with Gasteiger partial charge in [0.05, 0.1) is 24.3 Å². The first-order chi connectivity index (χ1) is 8.83. The molecule has 100 valence electrons. The average Bonchev–Trinajstić information content (AvgIpc) is 2.65. The molecule has 1 aromatic heterocycles. The van der Waals surface area contributed by atoms with Crippen LogP contribution < -0.4 is 5.32 Å². The summed E-state index contributed by atoms with van der Waals surface area (Å²) in [5.74, 6) is 0. The number of aromatic nitrogens is 2. The second-order valence-electron chi connectivity index (χ2n) is 5.19. The van der Waals surface area contributed by atoms with E-state index in [1.807, 2.05) is 12.5 Å². The van der Waals surface area contributed by atoms with Crippen molar-refractivity contribution in [1.29, 1.82) is 0 Å². The Morgan fingerprint density at radius 1 is 1.39 bits per heavy atom. The van der Waals surface area contributed by atoms with Crippen molar-refractivity contribution in [2.24, 2.45) is 7.05 Å². The zero-order valence-electron chi connectivity index (χ0n) is 11.7. The molecule has 0 fully saturated rings. The summed E-state index contributed by atoms with van der Waals surface area (Å²) < 4.78 is 2.14. The molecule has 1 aliphatic carbocycles. The highest BCUT2D eigenvalue weighted by molar-refractivity contribution is 5.22. The van der Waals surface area contributed by atoms with Gasteiger partial charge in [0.25, 0.3) is 0 Å². The molecule has 0 saturated heterocycles. The topological polar surface area (TPSA) is 29.9 Å². The molecule has 0 saturated carbocycles. The van der Waals surface area contributed by atoms with Crippen LogP contribution in [-0.2, 0) is 7.05 Å². The van der Waals surface area contributed by atoms with E-state index in [9.17, 15) is 0 Å². The fourth-order valence-electron chi connectivity index (χ4n) is 2.66. The minimum Gasteiger partial charge on any atom is -0.336 e. The number of rotatable bonds is 5. The molecule has 1 atom stereocenters. The lowest BCUT2D eigenvalue weighted by molar-refractivity contribution is 0.542. The van der Waals surface area contributed by atoms with E-state index < -0.39 is 0 Å². The summed E-state index contributed by atoms with van der Waals surface area (Å²) in [5.41, 5.74) is 2.85. The van der Waals surface area contributed by atoms with Gasteiger partial charge in [0, 0.05) is 7.05 Å². The van der Waals surface area contributed by atoms with Crippen molar-refractivity contribution >= 4 is 0 Å². The molecule has 3 nitrogen and oxygen atoms in total. The van der Waals surface area contributed by atoms with Crippen LogP contribution in [0.25, 0.3) is 0 Å². The third-order valence-corrected chi connectivity index (χ3v) is 3.70. The molecule has 1 aliphatic rings. The number of imidazole rings is 1. The molecule has 1 unspecified atom stereocenters. The molecule has 0 amide bonds. The van der Waals surface area contributed by atoms with Crippen molar-refractivity contribution in [1.82, 2.24) is 14.9 Å². The molecule has 0 aromatic carbocycles. The highest BCUT2D eigenvalue weighted by atomic mass is 15.1. The van der Waals surface area contributed by atoms with E-state index in [0.717, 1.165) is 6.54 Å². The maximum absolute atomic E-state index is 4.26. The SMILES string of the molecule is CCCNC(C1=CCCCCC1)c1cncn1C. The summed E-state index contributed by atoms with van der Waals surface area (Å²) in [6.07, 6.45) is 14.0. The Morgan fingerprint density at radius 3 is 3.00 bits per heavy atom. The Labute approximate surface area is 110 Å². The van der Waals surface area contributed by atoms with E-state index in [2.05, 4.69) is 34.9 Å². The third kappa shape index (κ3) is 3.22. The summed E-state index contributed by atoms with van der Waals surface area (Å²) in [6.45, 7) is 3.28. The van der Waals surface area contributed by atoms with Crippen LogP contribution >= 0.6 is 0 Å².